The molecule has 0 radical (unpaired) electrons. The molecule has 2 N–H and O–H groups in total. The Bertz CT molecular complexity index is 119. The third-order valence-corrected chi connectivity index (χ3v) is 2.58. The van der Waals surface area contributed by atoms with Crippen molar-refractivity contribution in [2.45, 2.75) is 25.8 Å². The zero-order valence-electron chi connectivity index (χ0n) is 7.78. The van der Waals surface area contributed by atoms with Crippen LogP contribution >= 0.6 is 0 Å². The van der Waals surface area contributed by atoms with Crippen LogP contribution in [0.25, 0.3) is 0 Å². The smallest absolute Gasteiger partial charge is 0.0906 e. The molecule has 1 aliphatic rings. The lowest BCUT2D eigenvalue weighted by atomic mass is 10.0. The fourth-order valence-electron chi connectivity index (χ4n) is 1.76. The predicted molar refractivity (Wildman–Crippen MR) is 49.0 cm³/mol. The molecular formula is C9H19FN2. The Morgan fingerprint density at radius 3 is 3.00 bits per heavy atom. The van der Waals surface area contributed by atoms with Gasteiger partial charge < -0.3 is 10.6 Å². The van der Waals surface area contributed by atoms with Crippen LogP contribution in [0.1, 0.15) is 19.8 Å². The summed E-state index contributed by atoms with van der Waals surface area (Å²) in [6.45, 7) is 4.99. The average molecular weight is 174 g/mol. The zero-order chi connectivity index (χ0) is 8.81. The van der Waals surface area contributed by atoms with Gasteiger partial charge in [0.1, 0.15) is 0 Å². The molecule has 12 heavy (non-hydrogen) atoms. The van der Waals surface area contributed by atoms with Gasteiger partial charge in [-0.05, 0) is 25.4 Å². The number of nitrogens with one attached hydrogen (secondary N) is 2. The summed E-state index contributed by atoms with van der Waals surface area (Å²) in [6.07, 6.45) is 1.85. The highest BCUT2D eigenvalue weighted by atomic mass is 19.1. The molecule has 3 heteroatoms. The van der Waals surface area contributed by atoms with E-state index < -0.39 is 0 Å². The molecule has 0 aromatic heterocycles. The lowest BCUT2D eigenvalue weighted by molar-refractivity contribution is 0.393. The maximum atomic E-state index is 11.8. The Balaban J connectivity index is 2.12. The molecule has 0 aliphatic carbocycles. The van der Waals surface area contributed by atoms with Crippen LogP contribution in [-0.2, 0) is 0 Å². The quantitative estimate of drug-likeness (QED) is 0.606. The van der Waals surface area contributed by atoms with E-state index in [2.05, 4.69) is 17.6 Å². The van der Waals surface area contributed by atoms with Gasteiger partial charge in [-0.25, -0.2) is 0 Å². The van der Waals surface area contributed by atoms with Gasteiger partial charge in [0.05, 0.1) is 6.67 Å². The molecule has 0 bridgehead atoms. The van der Waals surface area contributed by atoms with Crippen LogP contribution in [0.15, 0.2) is 0 Å². The number of rotatable bonds is 5. The fraction of sp³-hybridized carbons (Fsp3) is 1.00. The van der Waals surface area contributed by atoms with Crippen molar-refractivity contribution < 1.29 is 4.39 Å². The van der Waals surface area contributed by atoms with Crippen LogP contribution in [-0.4, -0.2) is 32.4 Å². The topological polar surface area (TPSA) is 24.1 Å². The van der Waals surface area contributed by atoms with Crippen molar-refractivity contribution in [2.24, 2.45) is 5.92 Å². The SMILES string of the molecule is CC[C@@H]1CNC[C@@H]1NCCCF. The van der Waals surface area contributed by atoms with Crippen LogP contribution in [0.4, 0.5) is 4.39 Å². The third kappa shape index (κ3) is 2.72. The zero-order valence-corrected chi connectivity index (χ0v) is 7.78. The normalized spacial score (nSPS) is 29.5. The minimum Gasteiger partial charge on any atom is -0.315 e. The molecule has 0 aromatic rings. The average Bonchev–Trinajstić information content (AvgIpc) is 2.52. The highest BCUT2D eigenvalue weighted by molar-refractivity contribution is 4.85. The van der Waals surface area contributed by atoms with Gasteiger partial charge in [0.2, 0.25) is 0 Å². The van der Waals surface area contributed by atoms with E-state index in [9.17, 15) is 4.39 Å². The van der Waals surface area contributed by atoms with Gasteiger partial charge in [0, 0.05) is 12.6 Å². The van der Waals surface area contributed by atoms with Crippen LogP contribution in [0.5, 0.6) is 0 Å². The molecule has 1 rings (SSSR count). The molecule has 1 aliphatic heterocycles. The van der Waals surface area contributed by atoms with Gasteiger partial charge in [-0.15, -0.1) is 0 Å². The van der Waals surface area contributed by atoms with E-state index in [1.165, 1.54) is 6.42 Å². The van der Waals surface area contributed by atoms with E-state index in [-0.39, 0.29) is 6.67 Å². The molecule has 0 aromatic carbocycles. The molecule has 1 fully saturated rings. The number of hydrogen-bond donors (Lipinski definition) is 2. The van der Waals surface area contributed by atoms with E-state index in [4.69, 9.17) is 0 Å². The van der Waals surface area contributed by atoms with E-state index in [1.807, 2.05) is 0 Å². The van der Waals surface area contributed by atoms with Gasteiger partial charge >= 0.3 is 0 Å². The highest BCUT2D eigenvalue weighted by Crippen LogP contribution is 2.12. The van der Waals surface area contributed by atoms with Crippen LogP contribution < -0.4 is 10.6 Å². The highest BCUT2D eigenvalue weighted by Gasteiger charge is 2.24. The number of halogens is 1. The van der Waals surface area contributed by atoms with Crippen molar-refractivity contribution in [3.63, 3.8) is 0 Å². The third-order valence-electron chi connectivity index (χ3n) is 2.58. The first-order valence-corrected chi connectivity index (χ1v) is 4.88. The predicted octanol–water partition coefficient (Wildman–Crippen LogP) is 0.934. The maximum Gasteiger partial charge on any atom is 0.0906 e. The summed E-state index contributed by atoms with van der Waals surface area (Å²) in [5.74, 6) is 0.740. The summed E-state index contributed by atoms with van der Waals surface area (Å²) in [7, 11) is 0. The molecule has 0 amide bonds. The van der Waals surface area contributed by atoms with Gasteiger partial charge in [0.25, 0.3) is 0 Å². The Morgan fingerprint density at radius 1 is 1.50 bits per heavy atom. The summed E-state index contributed by atoms with van der Waals surface area (Å²) in [6, 6.07) is 0.571. The Hall–Kier alpha value is -0.150. The van der Waals surface area contributed by atoms with E-state index >= 15 is 0 Å². The van der Waals surface area contributed by atoms with E-state index in [1.54, 1.807) is 0 Å². The van der Waals surface area contributed by atoms with Crippen molar-refractivity contribution in [2.75, 3.05) is 26.3 Å². The molecule has 1 heterocycles. The summed E-state index contributed by atoms with van der Waals surface area (Å²) in [5.41, 5.74) is 0. The van der Waals surface area contributed by atoms with Gasteiger partial charge in [-0.1, -0.05) is 13.3 Å². The van der Waals surface area contributed by atoms with Crippen molar-refractivity contribution in [1.82, 2.24) is 10.6 Å². The van der Waals surface area contributed by atoms with Crippen molar-refractivity contribution in [3.05, 3.63) is 0 Å². The Labute approximate surface area is 73.9 Å². The van der Waals surface area contributed by atoms with E-state index in [0.29, 0.717) is 12.5 Å². The molecule has 1 saturated heterocycles. The minimum absolute atomic E-state index is 0.204. The first-order chi connectivity index (χ1) is 5.88. The maximum absolute atomic E-state index is 11.8. The standard InChI is InChI=1S/C9H19FN2/c1-2-8-6-11-7-9(8)12-5-3-4-10/h8-9,11-12H,2-7H2,1H3/t8-,9+/m1/s1. The van der Waals surface area contributed by atoms with Crippen LogP contribution in [0.3, 0.4) is 0 Å². The van der Waals surface area contributed by atoms with Crippen LogP contribution in [0.2, 0.25) is 0 Å². The summed E-state index contributed by atoms with van der Waals surface area (Å²) >= 11 is 0. The second kappa shape index (κ2) is 5.49. The summed E-state index contributed by atoms with van der Waals surface area (Å²) < 4.78 is 11.8. The lowest BCUT2D eigenvalue weighted by Gasteiger charge is -2.17. The molecule has 0 spiro atoms. The monoisotopic (exact) mass is 174 g/mol. The van der Waals surface area contributed by atoms with Gasteiger partial charge in [-0.2, -0.15) is 0 Å². The van der Waals surface area contributed by atoms with Gasteiger partial charge in [-0.3, -0.25) is 4.39 Å². The molecule has 2 nitrogen and oxygen atoms in total. The Morgan fingerprint density at radius 2 is 2.33 bits per heavy atom. The van der Waals surface area contributed by atoms with Crippen molar-refractivity contribution >= 4 is 0 Å². The second-order valence-corrected chi connectivity index (χ2v) is 3.43. The molecule has 0 unspecified atom stereocenters. The second-order valence-electron chi connectivity index (χ2n) is 3.43. The number of alkyl halides is 1. The Kier molecular flexibility index (Phi) is 4.54. The summed E-state index contributed by atoms with van der Waals surface area (Å²) in [4.78, 5) is 0. The fourth-order valence-corrected chi connectivity index (χ4v) is 1.76. The largest absolute Gasteiger partial charge is 0.315 e. The van der Waals surface area contributed by atoms with E-state index in [0.717, 1.165) is 25.6 Å². The molecule has 72 valence electrons. The molecular weight excluding hydrogens is 155 g/mol. The lowest BCUT2D eigenvalue weighted by Crippen LogP contribution is -2.36. The molecule has 2 atom stereocenters. The number of hydrogen-bond acceptors (Lipinski definition) is 2. The first kappa shape index (κ1) is 9.93. The minimum atomic E-state index is -0.204. The summed E-state index contributed by atoms with van der Waals surface area (Å²) in [5, 5.41) is 6.73. The van der Waals surface area contributed by atoms with Crippen molar-refractivity contribution in [3.8, 4) is 0 Å². The van der Waals surface area contributed by atoms with Gasteiger partial charge in [0.15, 0.2) is 0 Å². The molecule has 0 saturated carbocycles. The first-order valence-electron chi connectivity index (χ1n) is 4.88. The van der Waals surface area contributed by atoms with Crippen LogP contribution in [0, 0.1) is 5.92 Å². The van der Waals surface area contributed by atoms with Crippen molar-refractivity contribution in [1.29, 1.82) is 0 Å².